The molecule has 0 spiro atoms. The van der Waals surface area contributed by atoms with Gasteiger partial charge in [-0.25, -0.2) is 0 Å². The summed E-state index contributed by atoms with van der Waals surface area (Å²) in [6.07, 6.45) is 4.12. The van der Waals surface area contributed by atoms with Gasteiger partial charge in [-0.2, -0.15) is 0 Å². The number of carbonyl (C=O) groups is 1. The first-order valence-electron chi connectivity index (χ1n) is 6.60. The average Bonchev–Trinajstić information content (AvgIpc) is 2.34. The summed E-state index contributed by atoms with van der Waals surface area (Å²) in [6, 6.07) is 5.40. The van der Waals surface area contributed by atoms with Gasteiger partial charge in [-0.3, -0.25) is 4.79 Å². The maximum Gasteiger partial charge on any atom is 0.309 e. The van der Waals surface area contributed by atoms with Gasteiger partial charge in [0.05, 0.1) is 15.5 Å². The summed E-state index contributed by atoms with van der Waals surface area (Å²) in [5, 5.41) is 10.6. The minimum absolute atomic E-state index is 0.465. The van der Waals surface area contributed by atoms with Crippen molar-refractivity contribution in [3.8, 4) is 0 Å². The third-order valence-corrected chi connectivity index (χ3v) is 4.81. The first kappa shape index (κ1) is 14.7. The van der Waals surface area contributed by atoms with E-state index in [-0.39, 0.29) is 0 Å². The molecule has 2 atom stereocenters. The zero-order chi connectivity index (χ0) is 14.0. The lowest BCUT2D eigenvalue weighted by atomic mass is 9.67. The molecule has 104 valence electrons. The van der Waals surface area contributed by atoms with Crippen molar-refractivity contribution in [1.82, 2.24) is 0 Å². The van der Waals surface area contributed by atoms with Crippen LogP contribution in [0.4, 0.5) is 0 Å². The van der Waals surface area contributed by atoms with Crippen LogP contribution in [0.1, 0.15) is 38.2 Å². The van der Waals surface area contributed by atoms with Crippen LogP contribution in [0.15, 0.2) is 18.2 Å². The van der Waals surface area contributed by atoms with E-state index in [1.54, 1.807) is 12.1 Å². The van der Waals surface area contributed by atoms with Crippen molar-refractivity contribution < 1.29 is 9.90 Å². The quantitative estimate of drug-likeness (QED) is 0.869. The van der Waals surface area contributed by atoms with Gasteiger partial charge in [0, 0.05) is 0 Å². The second-order valence-electron chi connectivity index (χ2n) is 5.71. The van der Waals surface area contributed by atoms with Crippen molar-refractivity contribution >= 4 is 29.2 Å². The van der Waals surface area contributed by atoms with Crippen LogP contribution in [0.3, 0.4) is 0 Å². The van der Waals surface area contributed by atoms with Gasteiger partial charge in [0.2, 0.25) is 0 Å². The summed E-state index contributed by atoms with van der Waals surface area (Å²) in [4.78, 5) is 11.7. The second-order valence-corrected chi connectivity index (χ2v) is 6.53. The summed E-state index contributed by atoms with van der Waals surface area (Å²) < 4.78 is 0. The van der Waals surface area contributed by atoms with E-state index in [0.717, 1.165) is 31.2 Å². The molecule has 0 aromatic heterocycles. The highest BCUT2D eigenvalue weighted by Gasteiger charge is 2.41. The molecule has 1 saturated carbocycles. The average molecular weight is 301 g/mol. The van der Waals surface area contributed by atoms with Crippen LogP contribution in [0.25, 0.3) is 0 Å². The lowest BCUT2D eigenvalue weighted by Crippen LogP contribution is -2.37. The van der Waals surface area contributed by atoms with Crippen LogP contribution in [-0.2, 0) is 11.2 Å². The van der Waals surface area contributed by atoms with Crippen LogP contribution in [0, 0.1) is 11.3 Å². The van der Waals surface area contributed by atoms with E-state index >= 15 is 0 Å². The summed E-state index contributed by atoms with van der Waals surface area (Å²) in [5.41, 5.74) is 0.306. The highest BCUT2D eigenvalue weighted by molar-refractivity contribution is 6.42. The zero-order valence-electron chi connectivity index (χ0n) is 11.0. The molecule has 1 fully saturated rings. The fourth-order valence-electron chi connectivity index (χ4n) is 3.13. The van der Waals surface area contributed by atoms with Gasteiger partial charge < -0.3 is 5.11 Å². The SMILES string of the molecule is CC1CCCC(Cc2ccc(Cl)c(Cl)c2)(C(=O)O)C1. The Hall–Kier alpha value is -0.730. The fraction of sp³-hybridized carbons (Fsp3) is 0.533. The highest BCUT2D eigenvalue weighted by atomic mass is 35.5. The molecule has 2 nitrogen and oxygen atoms in total. The van der Waals surface area contributed by atoms with Crippen molar-refractivity contribution in [2.45, 2.75) is 39.0 Å². The second kappa shape index (κ2) is 5.72. The molecular formula is C15H18Cl2O2. The molecule has 1 aromatic rings. The van der Waals surface area contributed by atoms with Gasteiger partial charge in [0.25, 0.3) is 0 Å². The molecular weight excluding hydrogens is 283 g/mol. The largest absolute Gasteiger partial charge is 0.481 e. The molecule has 0 heterocycles. The number of carboxylic acid groups (broad SMARTS) is 1. The Morgan fingerprint density at radius 1 is 1.42 bits per heavy atom. The first-order valence-corrected chi connectivity index (χ1v) is 7.36. The Bertz CT molecular complexity index is 487. The molecule has 2 unspecified atom stereocenters. The topological polar surface area (TPSA) is 37.3 Å². The summed E-state index contributed by atoms with van der Waals surface area (Å²) in [7, 11) is 0. The number of aliphatic carboxylic acids is 1. The van der Waals surface area contributed by atoms with Gasteiger partial charge in [-0.15, -0.1) is 0 Å². The van der Waals surface area contributed by atoms with Crippen LogP contribution in [0.5, 0.6) is 0 Å². The van der Waals surface area contributed by atoms with E-state index < -0.39 is 11.4 Å². The van der Waals surface area contributed by atoms with E-state index in [1.807, 2.05) is 6.07 Å². The summed E-state index contributed by atoms with van der Waals surface area (Å²) in [5.74, 6) is -0.224. The minimum Gasteiger partial charge on any atom is -0.481 e. The van der Waals surface area contributed by atoms with Gasteiger partial charge in [-0.1, -0.05) is 49.0 Å². The molecule has 1 aliphatic rings. The predicted molar refractivity (Wildman–Crippen MR) is 77.9 cm³/mol. The molecule has 1 aromatic carbocycles. The van der Waals surface area contributed by atoms with Gasteiger partial charge >= 0.3 is 5.97 Å². The van der Waals surface area contributed by atoms with E-state index in [9.17, 15) is 9.90 Å². The first-order chi connectivity index (χ1) is 8.93. The number of rotatable bonds is 3. The van der Waals surface area contributed by atoms with E-state index in [0.29, 0.717) is 22.4 Å². The smallest absolute Gasteiger partial charge is 0.309 e. The van der Waals surface area contributed by atoms with Crippen LogP contribution >= 0.6 is 23.2 Å². The Kier molecular flexibility index (Phi) is 4.42. The van der Waals surface area contributed by atoms with Gasteiger partial charge in [0.1, 0.15) is 0 Å². The van der Waals surface area contributed by atoms with Crippen molar-refractivity contribution in [3.63, 3.8) is 0 Å². The van der Waals surface area contributed by atoms with Crippen molar-refractivity contribution in [2.24, 2.45) is 11.3 Å². The molecule has 0 aliphatic heterocycles. The highest BCUT2D eigenvalue weighted by Crippen LogP contribution is 2.42. The molecule has 0 radical (unpaired) electrons. The standard InChI is InChI=1S/C15H18Cl2O2/c1-10-3-2-6-15(8-10,14(18)19)9-11-4-5-12(16)13(17)7-11/h4-5,7,10H,2-3,6,8-9H2,1H3,(H,18,19). The van der Waals surface area contributed by atoms with Crippen LogP contribution < -0.4 is 0 Å². The summed E-state index contributed by atoms with van der Waals surface area (Å²) >= 11 is 11.9. The van der Waals surface area contributed by atoms with Gasteiger partial charge in [-0.05, 0) is 42.9 Å². The number of carboxylic acids is 1. The molecule has 1 N–H and O–H groups in total. The lowest BCUT2D eigenvalue weighted by Gasteiger charge is -2.36. The Labute approximate surface area is 123 Å². The van der Waals surface area contributed by atoms with E-state index in [1.165, 1.54) is 0 Å². The monoisotopic (exact) mass is 300 g/mol. The normalized spacial score (nSPS) is 27.2. The van der Waals surface area contributed by atoms with Crippen LogP contribution in [-0.4, -0.2) is 11.1 Å². The summed E-state index contributed by atoms with van der Waals surface area (Å²) in [6.45, 7) is 2.13. The molecule has 19 heavy (non-hydrogen) atoms. The molecule has 0 saturated heterocycles. The Balaban J connectivity index is 2.25. The lowest BCUT2D eigenvalue weighted by molar-refractivity contribution is -0.152. The van der Waals surface area contributed by atoms with E-state index in [4.69, 9.17) is 23.2 Å². The Morgan fingerprint density at radius 2 is 2.16 bits per heavy atom. The third-order valence-electron chi connectivity index (χ3n) is 4.07. The fourth-order valence-corrected chi connectivity index (χ4v) is 3.45. The number of hydrogen-bond donors (Lipinski definition) is 1. The van der Waals surface area contributed by atoms with Gasteiger partial charge in [0.15, 0.2) is 0 Å². The van der Waals surface area contributed by atoms with Crippen molar-refractivity contribution in [2.75, 3.05) is 0 Å². The molecule has 0 amide bonds. The number of benzene rings is 1. The minimum atomic E-state index is -0.690. The number of halogens is 2. The third kappa shape index (κ3) is 3.24. The zero-order valence-corrected chi connectivity index (χ0v) is 12.5. The van der Waals surface area contributed by atoms with E-state index in [2.05, 4.69) is 6.92 Å². The van der Waals surface area contributed by atoms with Crippen molar-refractivity contribution in [3.05, 3.63) is 33.8 Å². The molecule has 2 rings (SSSR count). The maximum atomic E-state index is 11.7. The molecule has 0 bridgehead atoms. The van der Waals surface area contributed by atoms with Crippen LogP contribution in [0.2, 0.25) is 10.0 Å². The maximum absolute atomic E-state index is 11.7. The number of hydrogen-bond acceptors (Lipinski definition) is 1. The molecule has 4 heteroatoms. The Morgan fingerprint density at radius 3 is 2.74 bits per heavy atom. The predicted octanol–water partition coefficient (Wildman–Crippen LogP) is 4.82. The van der Waals surface area contributed by atoms with Crippen molar-refractivity contribution in [1.29, 1.82) is 0 Å². The molecule has 1 aliphatic carbocycles.